The highest BCUT2D eigenvalue weighted by atomic mass is 19.1. The maximum atomic E-state index is 13.5. The van der Waals surface area contributed by atoms with Crippen molar-refractivity contribution in [2.75, 3.05) is 6.54 Å². The summed E-state index contributed by atoms with van der Waals surface area (Å²) in [5, 5.41) is 2.65. The van der Waals surface area contributed by atoms with Crippen LogP contribution < -0.4 is 5.32 Å². The van der Waals surface area contributed by atoms with Crippen LogP contribution in [0.25, 0.3) is 0 Å². The van der Waals surface area contributed by atoms with E-state index in [1.807, 2.05) is 0 Å². The largest absolute Gasteiger partial charge is 0.467 e. The third-order valence-electron chi connectivity index (χ3n) is 3.41. The third kappa shape index (κ3) is 5.25. The number of nitrogens with one attached hydrogen (secondary N) is 1. The molecule has 1 aromatic heterocycles. The first-order valence-electron chi connectivity index (χ1n) is 7.34. The van der Waals surface area contributed by atoms with E-state index in [-0.39, 0.29) is 37.1 Å². The van der Waals surface area contributed by atoms with Crippen molar-refractivity contribution >= 4 is 11.8 Å². The van der Waals surface area contributed by atoms with Crippen LogP contribution in [0.2, 0.25) is 0 Å². The second kappa shape index (κ2) is 8.12. The zero-order valence-electron chi connectivity index (χ0n) is 12.9. The zero-order valence-corrected chi connectivity index (χ0v) is 12.9. The summed E-state index contributed by atoms with van der Waals surface area (Å²) < 4.78 is 18.7. The molecule has 5 nitrogen and oxygen atoms in total. The smallest absolute Gasteiger partial charge is 0.222 e. The number of furan rings is 1. The van der Waals surface area contributed by atoms with Crippen LogP contribution in [0.1, 0.15) is 24.7 Å². The number of halogens is 1. The summed E-state index contributed by atoms with van der Waals surface area (Å²) in [6.45, 7) is 2.17. The highest BCUT2D eigenvalue weighted by molar-refractivity contribution is 5.78. The van der Waals surface area contributed by atoms with Gasteiger partial charge >= 0.3 is 0 Å². The molecule has 0 spiro atoms. The van der Waals surface area contributed by atoms with Crippen molar-refractivity contribution in [3.63, 3.8) is 0 Å². The molecule has 2 aromatic rings. The summed E-state index contributed by atoms with van der Waals surface area (Å²) in [4.78, 5) is 25.0. The monoisotopic (exact) mass is 318 g/mol. The van der Waals surface area contributed by atoms with E-state index in [4.69, 9.17) is 4.42 Å². The Labute approximate surface area is 134 Å². The van der Waals surface area contributed by atoms with E-state index in [9.17, 15) is 14.0 Å². The van der Waals surface area contributed by atoms with Gasteiger partial charge in [0, 0.05) is 32.0 Å². The second-order valence-electron chi connectivity index (χ2n) is 5.14. The maximum absolute atomic E-state index is 13.5. The van der Waals surface area contributed by atoms with E-state index < -0.39 is 0 Å². The van der Waals surface area contributed by atoms with Gasteiger partial charge in [0.25, 0.3) is 0 Å². The van der Waals surface area contributed by atoms with Gasteiger partial charge in [-0.1, -0.05) is 18.2 Å². The van der Waals surface area contributed by atoms with Crippen molar-refractivity contribution in [2.45, 2.75) is 26.4 Å². The van der Waals surface area contributed by atoms with E-state index in [0.717, 1.165) is 0 Å². The minimum Gasteiger partial charge on any atom is -0.467 e. The molecule has 0 aliphatic rings. The molecule has 0 aliphatic heterocycles. The second-order valence-corrected chi connectivity index (χ2v) is 5.14. The molecule has 0 saturated heterocycles. The van der Waals surface area contributed by atoms with Crippen LogP contribution in [0.3, 0.4) is 0 Å². The SMILES string of the molecule is CC(=O)N(CCC(=O)NCc1ccccc1F)Cc1ccco1. The Morgan fingerprint density at radius 3 is 2.65 bits per heavy atom. The molecule has 2 amide bonds. The number of nitrogens with zero attached hydrogens (tertiary/aromatic N) is 1. The minimum absolute atomic E-state index is 0.129. The number of hydrogen-bond donors (Lipinski definition) is 1. The molecule has 1 N–H and O–H groups in total. The summed E-state index contributed by atoms with van der Waals surface area (Å²) in [6, 6.07) is 9.80. The van der Waals surface area contributed by atoms with Crippen molar-refractivity contribution in [1.29, 1.82) is 0 Å². The number of benzene rings is 1. The van der Waals surface area contributed by atoms with Gasteiger partial charge in [0.05, 0.1) is 12.8 Å². The quantitative estimate of drug-likeness (QED) is 0.853. The molecule has 122 valence electrons. The Bertz CT molecular complexity index is 656. The lowest BCUT2D eigenvalue weighted by molar-refractivity contribution is -0.130. The van der Waals surface area contributed by atoms with Gasteiger partial charge in [-0.3, -0.25) is 9.59 Å². The molecule has 0 bridgehead atoms. The molecule has 2 rings (SSSR count). The Morgan fingerprint density at radius 2 is 2.00 bits per heavy atom. The summed E-state index contributed by atoms with van der Waals surface area (Å²) in [7, 11) is 0. The number of hydrogen-bond acceptors (Lipinski definition) is 3. The molecule has 0 radical (unpaired) electrons. The average Bonchev–Trinajstić information content (AvgIpc) is 3.03. The summed E-state index contributed by atoms with van der Waals surface area (Å²) >= 11 is 0. The Kier molecular flexibility index (Phi) is 5.91. The lowest BCUT2D eigenvalue weighted by atomic mass is 10.2. The van der Waals surface area contributed by atoms with Gasteiger partial charge in [0.1, 0.15) is 11.6 Å². The van der Waals surface area contributed by atoms with E-state index >= 15 is 0 Å². The van der Waals surface area contributed by atoms with Crippen LogP contribution >= 0.6 is 0 Å². The first-order valence-corrected chi connectivity index (χ1v) is 7.34. The van der Waals surface area contributed by atoms with Gasteiger partial charge in [0.15, 0.2) is 0 Å². The molecule has 23 heavy (non-hydrogen) atoms. The topological polar surface area (TPSA) is 62.6 Å². The zero-order chi connectivity index (χ0) is 16.7. The maximum Gasteiger partial charge on any atom is 0.222 e. The lowest BCUT2D eigenvalue weighted by Crippen LogP contribution is -2.33. The van der Waals surface area contributed by atoms with E-state index in [1.165, 1.54) is 24.2 Å². The highest BCUT2D eigenvalue weighted by Gasteiger charge is 2.13. The van der Waals surface area contributed by atoms with Gasteiger partial charge < -0.3 is 14.6 Å². The molecular formula is C17H19FN2O3. The molecule has 1 aromatic carbocycles. The van der Waals surface area contributed by atoms with Crippen LogP contribution in [-0.4, -0.2) is 23.3 Å². The molecule has 0 atom stereocenters. The summed E-state index contributed by atoms with van der Waals surface area (Å²) in [6.07, 6.45) is 1.68. The van der Waals surface area contributed by atoms with Crippen LogP contribution in [0, 0.1) is 5.82 Å². The average molecular weight is 318 g/mol. The molecule has 6 heteroatoms. The summed E-state index contributed by atoms with van der Waals surface area (Å²) in [5.74, 6) is -0.0646. The fraction of sp³-hybridized carbons (Fsp3) is 0.294. The molecule has 0 aliphatic carbocycles. The van der Waals surface area contributed by atoms with Crippen molar-refractivity contribution < 1.29 is 18.4 Å². The van der Waals surface area contributed by atoms with Crippen molar-refractivity contribution in [3.8, 4) is 0 Å². The third-order valence-corrected chi connectivity index (χ3v) is 3.41. The van der Waals surface area contributed by atoms with E-state index in [0.29, 0.717) is 17.9 Å². The fourth-order valence-electron chi connectivity index (χ4n) is 2.10. The van der Waals surface area contributed by atoms with Crippen molar-refractivity contribution in [2.24, 2.45) is 0 Å². The predicted octanol–water partition coefficient (Wildman–Crippen LogP) is 2.47. The first-order chi connectivity index (χ1) is 11.1. The Balaban J connectivity index is 1.80. The minimum atomic E-state index is -0.351. The van der Waals surface area contributed by atoms with Crippen LogP contribution in [-0.2, 0) is 22.7 Å². The highest BCUT2D eigenvalue weighted by Crippen LogP contribution is 2.07. The lowest BCUT2D eigenvalue weighted by Gasteiger charge is -2.19. The molecule has 1 heterocycles. The van der Waals surface area contributed by atoms with Crippen LogP contribution in [0.15, 0.2) is 47.1 Å². The number of amides is 2. The van der Waals surface area contributed by atoms with Crippen molar-refractivity contribution in [3.05, 3.63) is 59.8 Å². The van der Waals surface area contributed by atoms with Gasteiger partial charge in [-0.2, -0.15) is 0 Å². The summed E-state index contributed by atoms with van der Waals surface area (Å²) in [5.41, 5.74) is 0.430. The van der Waals surface area contributed by atoms with Gasteiger partial charge in [0.2, 0.25) is 11.8 Å². The predicted molar refractivity (Wildman–Crippen MR) is 82.7 cm³/mol. The van der Waals surface area contributed by atoms with Gasteiger partial charge in [-0.05, 0) is 18.2 Å². The van der Waals surface area contributed by atoms with Crippen LogP contribution in [0.4, 0.5) is 4.39 Å². The molecular weight excluding hydrogens is 299 g/mol. The number of rotatable bonds is 7. The first kappa shape index (κ1) is 16.7. The molecule has 0 unspecified atom stereocenters. The van der Waals surface area contributed by atoms with E-state index in [1.54, 1.807) is 30.3 Å². The normalized spacial score (nSPS) is 10.3. The Morgan fingerprint density at radius 1 is 1.22 bits per heavy atom. The van der Waals surface area contributed by atoms with Crippen LogP contribution in [0.5, 0.6) is 0 Å². The standard InChI is InChI=1S/C17H19FN2O3/c1-13(21)20(12-15-6-4-10-23-15)9-8-17(22)19-11-14-5-2-3-7-16(14)18/h2-7,10H,8-9,11-12H2,1H3,(H,19,22). The Hall–Kier alpha value is -2.63. The number of carbonyl (C=O) groups is 2. The van der Waals surface area contributed by atoms with E-state index in [2.05, 4.69) is 5.32 Å². The molecule has 0 fully saturated rings. The van der Waals surface area contributed by atoms with Gasteiger partial charge in [-0.25, -0.2) is 4.39 Å². The van der Waals surface area contributed by atoms with Gasteiger partial charge in [-0.15, -0.1) is 0 Å². The fourth-order valence-corrected chi connectivity index (χ4v) is 2.10. The number of carbonyl (C=O) groups excluding carboxylic acids is 2. The molecule has 0 saturated carbocycles. The van der Waals surface area contributed by atoms with Crippen molar-refractivity contribution in [1.82, 2.24) is 10.2 Å².